The summed E-state index contributed by atoms with van der Waals surface area (Å²) in [5, 5.41) is 10.6. The zero-order valence-electron chi connectivity index (χ0n) is 11.9. The van der Waals surface area contributed by atoms with E-state index in [1.807, 2.05) is 21.6 Å². The summed E-state index contributed by atoms with van der Waals surface area (Å²) >= 11 is 0. The first kappa shape index (κ1) is 13.8. The Morgan fingerprint density at radius 1 is 1.43 bits per heavy atom. The lowest BCUT2D eigenvalue weighted by molar-refractivity contribution is -0.116. The van der Waals surface area contributed by atoms with E-state index in [0.29, 0.717) is 19.0 Å². The van der Waals surface area contributed by atoms with Crippen LogP contribution < -0.4 is 10.6 Å². The highest BCUT2D eigenvalue weighted by Gasteiger charge is 2.16. The third-order valence-corrected chi connectivity index (χ3v) is 3.72. The van der Waals surface area contributed by atoms with Crippen LogP contribution in [0.5, 0.6) is 0 Å². The Labute approximate surface area is 123 Å². The average Bonchev–Trinajstić information content (AvgIpc) is 3.17. The predicted molar refractivity (Wildman–Crippen MR) is 78.8 cm³/mol. The van der Waals surface area contributed by atoms with E-state index < -0.39 is 0 Å². The molecule has 0 atom stereocenters. The number of aryl methyl sites for hydroxylation is 1. The fourth-order valence-corrected chi connectivity index (χ4v) is 2.55. The summed E-state index contributed by atoms with van der Waals surface area (Å²) in [6, 6.07) is 0.433. The number of piperidine rings is 1. The molecular weight excluding hydrogens is 268 g/mol. The van der Waals surface area contributed by atoms with Gasteiger partial charge in [-0.3, -0.25) is 9.48 Å². The van der Waals surface area contributed by atoms with Crippen molar-refractivity contribution < 1.29 is 4.79 Å². The number of carbonyl (C=O) groups excluding carboxylic acids is 1. The van der Waals surface area contributed by atoms with Gasteiger partial charge in [0.1, 0.15) is 0 Å². The average molecular weight is 288 g/mol. The topological polar surface area (TPSA) is 76.8 Å². The second-order valence-corrected chi connectivity index (χ2v) is 5.29. The maximum atomic E-state index is 11.9. The molecule has 2 N–H and O–H groups in total. The minimum absolute atomic E-state index is 0.00596. The number of aromatic nitrogens is 4. The van der Waals surface area contributed by atoms with Crippen LogP contribution in [0.3, 0.4) is 0 Å². The summed E-state index contributed by atoms with van der Waals surface area (Å²) in [6.45, 7) is 2.68. The summed E-state index contributed by atoms with van der Waals surface area (Å²) in [5.41, 5.74) is 0.768. The molecule has 112 valence electrons. The molecule has 7 heteroatoms. The van der Waals surface area contributed by atoms with Gasteiger partial charge in [-0.2, -0.15) is 5.10 Å². The third-order valence-electron chi connectivity index (χ3n) is 3.72. The van der Waals surface area contributed by atoms with Crippen molar-refractivity contribution in [3.8, 4) is 0 Å². The lowest BCUT2D eigenvalue weighted by Crippen LogP contribution is -2.29. The van der Waals surface area contributed by atoms with Crippen LogP contribution in [-0.4, -0.2) is 38.3 Å². The molecule has 21 heavy (non-hydrogen) atoms. The summed E-state index contributed by atoms with van der Waals surface area (Å²) in [5.74, 6) is -0.00596. The Bertz CT molecular complexity index is 570. The molecule has 0 aliphatic carbocycles. The first-order chi connectivity index (χ1) is 10.3. The summed E-state index contributed by atoms with van der Waals surface area (Å²) in [6.07, 6.45) is 11.5. The Morgan fingerprint density at radius 2 is 2.29 bits per heavy atom. The van der Waals surface area contributed by atoms with Crippen molar-refractivity contribution in [3.63, 3.8) is 0 Å². The quantitative estimate of drug-likeness (QED) is 0.861. The van der Waals surface area contributed by atoms with Gasteiger partial charge in [-0.25, -0.2) is 4.98 Å². The second-order valence-electron chi connectivity index (χ2n) is 5.29. The second kappa shape index (κ2) is 6.53. The standard InChI is InChI=1S/C14H20N6O/c21-14(3-7-19-8-6-16-11-19)18-12-9-17-20(10-12)13-1-4-15-5-2-13/h6,8-11,13,15H,1-5,7H2,(H,18,21). The number of nitrogens with zero attached hydrogens (tertiary/aromatic N) is 4. The molecule has 0 unspecified atom stereocenters. The highest BCUT2D eigenvalue weighted by atomic mass is 16.1. The molecule has 3 heterocycles. The van der Waals surface area contributed by atoms with Gasteiger partial charge < -0.3 is 15.2 Å². The SMILES string of the molecule is O=C(CCn1ccnc1)Nc1cnn(C2CCNCC2)c1. The molecule has 1 aliphatic rings. The van der Waals surface area contributed by atoms with Gasteiger partial charge in [0.15, 0.2) is 0 Å². The highest BCUT2D eigenvalue weighted by molar-refractivity contribution is 5.90. The Balaban J connectivity index is 1.50. The van der Waals surface area contributed by atoms with E-state index in [4.69, 9.17) is 0 Å². The molecule has 0 bridgehead atoms. The Kier molecular flexibility index (Phi) is 4.30. The molecule has 2 aromatic rings. The van der Waals surface area contributed by atoms with Gasteiger partial charge in [0.05, 0.1) is 24.3 Å². The van der Waals surface area contributed by atoms with Gasteiger partial charge in [-0.15, -0.1) is 0 Å². The van der Waals surface area contributed by atoms with Crippen molar-refractivity contribution in [3.05, 3.63) is 31.1 Å². The van der Waals surface area contributed by atoms with Gasteiger partial charge in [-0.05, 0) is 25.9 Å². The molecular formula is C14H20N6O. The number of rotatable bonds is 5. The fraction of sp³-hybridized carbons (Fsp3) is 0.500. The minimum atomic E-state index is -0.00596. The van der Waals surface area contributed by atoms with E-state index in [-0.39, 0.29) is 5.91 Å². The Hall–Kier alpha value is -2.15. The zero-order valence-corrected chi connectivity index (χ0v) is 11.9. The van der Waals surface area contributed by atoms with Crippen molar-refractivity contribution in [1.29, 1.82) is 0 Å². The monoisotopic (exact) mass is 288 g/mol. The number of imidazole rings is 1. The van der Waals surface area contributed by atoms with Gasteiger partial charge in [0, 0.05) is 31.6 Å². The van der Waals surface area contributed by atoms with Crippen molar-refractivity contribution in [2.45, 2.75) is 31.8 Å². The predicted octanol–water partition coefficient (Wildman–Crippen LogP) is 1.03. The third kappa shape index (κ3) is 3.69. The fourth-order valence-electron chi connectivity index (χ4n) is 2.55. The van der Waals surface area contributed by atoms with Crippen LogP contribution in [0.1, 0.15) is 25.3 Å². The number of carbonyl (C=O) groups is 1. The Morgan fingerprint density at radius 3 is 3.05 bits per heavy atom. The van der Waals surface area contributed by atoms with Gasteiger partial charge in [-0.1, -0.05) is 0 Å². The van der Waals surface area contributed by atoms with Crippen molar-refractivity contribution >= 4 is 11.6 Å². The van der Waals surface area contributed by atoms with E-state index in [1.54, 1.807) is 18.7 Å². The molecule has 0 radical (unpaired) electrons. The summed E-state index contributed by atoms with van der Waals surface area (Å²) in [7, 11) is 0. The lowest BCUT2D eigenvalue weighted by Gasteiger charge is -2.22. The van der Waals surface area contributed by atoms with Crippen LogP contribution in [0.2, 0.25) is 0 Å². The van der Waals surface area contributed by atoms with Gasteiger partial charge >= 0.3 is 0 Å². The van der Waals surface area contributed by atoms with E-state index in [9.17, 15) is 4.79 Å². The van der Waals surface area contributed by atoms with Crippen LogP contribution in [0.15, 0.2) is 31.1 Å². The van der Waals surface area contributed by atoms with Crippen LogP contribution >= 0.6 is 0 Å². The molecule has 0 spiro atoms. The van der Waals surface area contributed by atoms with E-state index in [1.165, 1.54) is 0 Å². The molecule has 1 fully saturated rings. The van der Waals surface area contributed by atoms with Crippen LogP contribution in [-0.2, 0) is 11.3 Å². The summed E-state index contributed by atoms with van der Waals surface area (Å²) in [4.78, 5) is 15.9. The van der Waals surface area contributed by atoms with Gasteiger partial charge in [0.25, 0.3) is 0 Å². The number of hydrogen-bond donors (Lipinski definition) is 2. The number of anilines is 1. The molecule has 1 amide bonds. The molecule has 0 saturated carbocycles. The van der Waals surface area contributed by atoms with E-state index in [0.717, 1.165) is 31.6 Å². The normalized spacial score (nSPS) is 16.0. The van der Waals surface area contributed by atoms with Crippen LogP contribution in [0.25, 0.3) is 0 Å². The zero-order chi connectivity index (χ0) is 14.5. The molecule has 0 aromatic carbocycles. The van der Waals surface area contributed by atoms with E-state index in [2.05, 4.69) is 20.7 Å². The maximum absolute atomic E-state index is 11.9. The molecule has 1 aliphatic heterocycles. The summed E-state index contributed by atoms with van der Waals surface area (Å²) < 4.78 is 3.85. The van der Waals surface area contributed by atoms with E-state index >= 15 is 0 Å². The molecule has 1 saturated heterocycles. The molecule has 2 aromatic heterocycles. The van der Waals surface area contributed by atoms with Crippen molar-refractivity contribution in [2.24, 2.45) is 0 Å². The number of amides is 1. The largest absolute Gasteiger partial charge is 0.337 e. The molecule has 7 nitrogen and oxygen atoms in total. The number of nitrogens with one attached hydrogen (secondary N) is 2. The van der Waals surface area contributed by atoms with Crippen molar-refractivity contribution in [1.82, 2.24) is 24.6 Å². The first-order valence-electron chi connectivity index (χ1n) is 7.32. The molecule has 3 rings (SSSR count). The van der Waals surface area contributed by atoms with Crippen molar-refractivity contribution in [2.75, 3.05) is 18.4 Å². The van der Waals surface area contributed by atoms with Gasteiger partial charge in [0.2, 0.25) is 5.91 Å². The highest BCUT2D eigenvalue weighted by Crippen LogP contribution is 2.19. The lowest BCUT2D eigenvalue weighted by atomic mass is 10.1. The van der Waals surface area contributed by atoms with Crippen LogP contribution in [0, 0.1) is 0 Å². The first-order valence-corrected chi connectivity index (χ1v) is 7.32. The number of hydrogen-bond acceptors (Lipinski definition) is 4. The van der Waals surface area contributed by atoms with Crippen LogP contribution in [0.4, 0.5) is 5.69 Å². The minimum Gasteiger partial charge on any atom is -0.337 e. The maximum Gasteiger partial charge on any atom is 0.226 e. The smallest absolute Gasteiger partial charge is 0.226 e.